The van der Waals surface area contributed by atoms with E-state index in [-0.39, 0.29) is 11.3 Å². The lowest BCUT2D eigenvalue weighted by Crippen LogP contribution is -2.19. The highest BCUT2D eigenvalue weighted by Crippen LogP contribution is 2.21. The van der Waals surface area contributed by atoms with E-state index in [1.807, 2.05) is 0 Å². The summed E-state index contributed by atoms with van der Waals surface area (Å²) in [5, 5.41) is 14.2. The number of nitrogens with one attached hydrogen (secondary N) is 1. The van der Waals surface area contributed by atoms with Crippen molar-refractivity contribution in [1.82, 2.24) is 5.43 Å². The van der Waals surface area contributed by atoms with E-state index < -0.39 is 5.91 Å². The molecule has 0 aromatic heterocycles. The van der Waals surface area contributed by atoms with E-state index in [0.717, 1.165) is 31.4 Å². The molecule has 2 N–H and O–H groups in total. The summed E-state index contributed by atoms with van der Waals surface area (Å²) in [4.78, 5) is 11.9. The van der Waals surface area contributed by atoms with Crippen molar-refractivity contribution >= 4 is 23.2 Å². The lowest BCUT2D eigenvalue weighted by Gasteiger charge is -2.05. The number of hydrogen-bond donors (Lipinski definition) is 2. The molecule has 1 fully saturated rings. The molecule has 0 bridgehead atoms. The number of carbonyl (C=O) groups excluding carboxylic acids is 1. The zero-order chi connectivity index (χ0) is 13.7. The topological polar surface area (TPSA) is 61.7 Å². The van der Waals surface area contributed by atoms with E-state index in [1.54, 1.807) is 0 Å². The molecule has 1 saturated carbocycles. The molecule has 1 amide bonds. The van der Waals surface area contributed by atoms with Crippen molar-refractivity contribution in [2.45, 2.75) is 38.5 Å². The van der Waals surface area contributed by atoms with Crippen molar-refractivity contribution in [3.8, 4) is 5.75 Å². The molecule has 0 spiro atoms. The number of amides is 1. The van der Waals surface area contributed by atoms with Crippen molar-refractivity contribution in [3.05, 3.63) is 28.8 Å². The molecule has 1 aromatic carbocycles. The Kier molecular flexibility index (Phi) is 4.80. The summed E-state index contributed by atoms with van der Waals surface area (Å²) in [6.45, 7) is 0. The molecule has 4 nitrogen and oxygen atoms in total. The maximum absolute atomic E-state index is 11.9. The van der Waals surface area contributed by atoms with E-state index in [1.165, 1.54) is 31.0 Å². The number of phenols is 1. The molecular formula is C14H17ClN2O2. The Morgan fingerprint density at radius 1 is 1.21 bits per heavy atom. The fourth-order valence-corrected chi connectivity index (χ4v) is 2.30. The van der Waals surface area contributed by atoms with E-state index in [4.69, 9.17) is 11.6 Å². The van der Waals surface area contributed by atoms with Gasteiger partial charge in [-0.15, -0.1) is 0 Å². The number of benzene rings is 1. The first-order valence-electron chi connectivity index (χ1n) is 6.51. The number of nitrogens with zero attached hydrogens (tertiary/aromatic N) is 1. The Morgan fingerprint density at radius 2 is 1.89 bits per heavy atom. The van der Waals surface area contributed by atoms with Crippen LogP contribution in [0.5, 0.6) is 5.75 Å². The smallest absolute Gasteiger partial charge is 0.275 e. The van der Waals surface area contributed by atoms with Gasteiger partial charge in [-0.3, -0.25) is 4.79 Å². The van der Waals surface area contributed by atoms with Crippen LogP contribution in [0.3, 0.4) is 0 Å². The maximum Gasteiger partial charge on any atom is 0.275 e. The molecule has 0 heterocycles. The number of hydrogen-bond acceptors (Lipinski definition) is 3. The van der Waals surface area contributed by atoms with Crippen LogP contribution in [0.2, 0.25) is 5.02 Å². The Morgan fingerprint density at radius 3 is 2.58 bits per heavy atom. The number of aromatic hydroxyl groups is 1. The SMILES string of the molecule is O=C(NN=C1CCCCCC1)c1cc(Cl)ccc1O. The second-order valence-electron chi connectivity index (χ2n) is 4.69. The van der Waals surface area contributed by atoms with E-state index in [9.17, 15) is 9.90 Å². The summed E-state index contributed by atoms with van der Waals surface area (Å²) in [6, 6.07) is 4.36. The molecular weight excluding hydrogens is 264 g/mol. The number of phenolic OH excluding ortho intramolecular Hbond substituents is 1. The van der Waals surface area contributed by atoms with Gasteiger partial charge in [0.05, 0.1) is 5.56 Å². The van der Waals surface area contributed by atoms with Gasteiger partial charge in [-0.25, -0.2) is 5.43 Å². The van der Waals surface area contributed by atoms with Crippen molar-refractivity contribution < 1.29 is 9.90 Å². The first kappa shape index (κ1) is 13.9. The van der Waals surface area contributed by atoms with Gasteiger partial charge in [-0.1, -0.05) is 24.4 Å². The van der Waals surface area contributed by atoms with Crippen LogP contribution in [-0.2, 0) is 0 Å². The predicted molar refractivity (Wildman–Crippen MR) is 75.7 cm³/mol. The first-order valence-corrected chi connectivity index (χ1v) is 6.89. The molecule has 1 aromatic rings. The summed E-state index contributed by atoms with van der Waals surface area (Å²) in [6.07, 6.45) is 6.56. The molecule has 0 unspecified atom stereocenters. The van der Waals surface area contributed by atoms with Gasteiger partial charge in [0, 0.05) is 10.7 Å². The third kappa shape index (κ3) is 3.96. The van der Waals surface area contributed by atoms with Gasteiger partial charge >= 0.3 is 0 Å². The quantitative estimate of drug-likeness (QED) is 0.643. The van der Waals surface area contributed by atoms with Gasteiger partial charge in [0.15, 0.2) is 0 Å². The fraction of sp³-hybridized carbons (Fsp3) is 0.429. The van der Waals surface area contributed by atoms with E-state index >= 15 is 0 Å². The minimum atomic E-state index is -0.434. The molecule has 0 atom stereocenters. The Hall–Kier alpha value is -1.55. The largest absolute Gasteiger partial charge is 0.507 e. The fourth-order valence-electron chi connectivity index (χ4n) is 2.13. The van der Waals surface area contributed by atoms with Crippen molar-refractivity contribution in [3.63, 3.8) is 0 Å². The third-order valence-corrected chi connectivity index (χ3v) is 3.43. The molecule has 5 heteroatoms. The molecule has 1 aliphatic carbocycles. The predicted octanol–water partition coefficient (Wildman–Crippen LogP) is 3.49. The average molecular weight is 281 g/mol. The normalized spacial score (nSPS) is 15.7. The standard InChI is InChI=1S/C14H17ClN2O2/c15-10-7-8-13(18)12(9-10)14(19)17-16-11-5-3-1-2-4-6-11/h7-9,18H,1-6H2,(H,17,19). The summed E-state index contributed by atoms with van der Waals surface area (Å²) in [5.41, 5.74) is 3.66. The van der Waals surface area contributed by atoms with Crippen LogP contribution >= 0.6 is 11.6 Å². The van der Waals surface area contributed by atoms with Gasteiger partial charge in [0.25, 0.3) is 5.91 Å². The summed E-state index contributed by atoms with van der Waals surface area (Å²) in [5.74, 6) is -0.528. The van der Waals surface area contributed by atoms with Crippen LogP contribution in [0.15, 0.2) is 23.3 Å². The van der Waals surface area contributed by atoms with Gasteiger partial charge < -0.3 is 5.11 Å². The molecule has 2 rings (SSSR count). The van der Waals surface area contributed by atoms with Crippen molar-refractivity contribution in [2.75, 3.05) is 0 Å². The second-order valence-corrected chi connectivity index (χ2v) is 5.13. The average Bonchev–Trinajstić information content (AvgIpc) is 2.67. The molecule has 0 saturated heterocycles. The Bertz CT molecular complexity index is 490. The third-order valence-electron chi connectivity index (χ3n) is 3.20. The maximum atomic E-state index is 11.9. The van der Waals surface area contributed by atoms with E-state index in [0.29, 0.717) is 5.02 Å². The molecule has 1 aliphatic rings. The number of halogens is 1. The minimum Gasteiger partial charge on any atom is -0.507 e. The lowest BCUT2D eigenvalue weighted by atomic mass is 10.2. The first-order chi connectivity index (χ1) is 9.16. The van der Waals surface area contributed by atoms with Crippen LogP contribution in [0, 0.1) is 0 Å². The van der Waals surface area contributed by atoms with Crippen molar-refractivity contribution in [2.24, 2.45) is 5.10 Å². The molecule has 0 aliphatic heterocycles. The highest BCUT2D eigenvalue weighted by Gasteiger charge is 2.12. The molecule has 0 radical (unpaired) electrons. The monoisotopic (exact) mass is 280 g/mol. The van der Waals surface area contributed by atoms with Crippen LogP contribution < -0.4 is 5.43 Å². The van der Waals surface area contributed by atoms with Gasteiger partial charge in [-0.05, 0) is 43.9 Å². The van der Waals surface area contributed by atoms with Crippen LogP contribution in [-0.4, -0.2) is 16.7 Å². The Balaban J connectivity index is 2.04. The summed E-state index contributed by atoms with van der Waals surface area (Å²) in [7, 11) is 0. The molecule has 102 valence electrons. The molecule has 19 heavy (non-hydrogen) atoms. The Labute approximate surface area is 117 Å². The van der Waals surface area contributed by atoms with Crippen molar-refractivity contribution in [1.29, 1.82) is 0 Å². The van der Waals surface area contributed by atoms with Crippen LogP contribution in [0.25, 0.3) is 0 Å². The van der Waals surface area contributed by atoms with Gasteiger partial charge in [0.1, 0.15) is 5.75 Å². The van der Waals surface area contributed by atoms with Gasteiger partial charge in [0.2, 0.25) is 0 Å². The number of hydrazone groups is 1. The summed E-state index contributed by atoms with van der Waals surface area (Å²) < 4.78 is 0. The van der Waals surface area contributed by atoms with Crippen LogP contribution in [0.1, 0.15) is 48.9 Å². The number of carbonyl (C=O) groups is 1. The zero-order valence-electron chi connectivity index (χ0n) is 10.7. The van der Waals surface area contributed by atoms with Crippen LogP contribution in [0.4, 0.5) is 0 Å². The minimum absolute atomic E-state index is 0.0945. The number of rotatable bonds is 2. The van der Waals surface area contributed by atoms with Gasteiger partial charge in [-0.2, -0.15) is 5.10 Å². The summed E-state index contributed by atoms with van der Waals surface area (Å²) >= 11 is 5.80. The second kappa shape index (κ2) is 6.57. The highest BCUT2D eigenvalue weighted by atomic mass is 35.5. The lowest BCUT2D eigenvalue weighted by molar-refractivity contribution is 0.0952. The highest BCUT2D eigenvalue weighted by molar-refractivity contribution is 6.31. The van der Waals surface area contributed by atoms with E-state index in [2.05, 4.69) is 10.5 Å². The zero-order valence-corrected chi connectivity index (χ0v) is 11.4.